The fourth-order valence-corrected chi connectivity index (χ4v) is 2.58. The van der Waals surface area contributed by atoms with Crippen molar-refractivity contribution in [3.63, 3.8) is 0 Å². The van der Waals surface area contributed by atoms with Gasteiger partial charge in [-0.2, -0.15) is 0 Å². The maximum Gasteiger partial charge on any atom is 0.164 e. The van der Waals surface area contributed by atoms with Crippen LogP contribution in [0, 0.1) is 5.82 Å². The summed E-state index contributed by atoms with van der Waals surface area (Å²) in [4.78, 5) is 8.24. The van der Waals surface area contributed by atoms with E-state index in [9.17, 15) is 4.39 Å². The van der Waals surface area contributed by atoms with Gasteiger partial charge >= 0.3 is 0 Å². The molecule has 0 bridgehead atoms. The second kappa shape index (κ2) is 4.98. The summed E-state index contributed by atoms with van der Waals surface area (Å²) in [5.74, 6) is 0.573. The number of aromatic nitrogens is 3. The summed E-state index contributed by atoms with van der Waals surface area (Å²) >= 11 is 0. The number of pyridine rings is 2. The molecule has 5 nitrogen and oxygen atoms in total. The third-order valence-electron chi connectivity index (χ3n) is 3.91. The zero-order chi connectivity index (χ0) is 15.1. The van der Waals surface area contributed by atoms with E-state index >= 15 is 0 Å². The molecule has 1 fully saturated rings. The van der Waals surface area contributed by atoms with E-state index in [4.69, 9.17) is 5.73 Å². The Balaban J connectivity index is 1.55. The van der Waals surface area contributed by atoms with Gasteiger partial charge in [-0.1, -0.05) is 6.07 Å². The summed E-state index contributed by atoms with van der Waals surface area (Å²) in [5, 5.41) is 3.01. The van der Waals surface area contributed by atoms with Crippen molar-refractivity contribution < 1.29 is 4.39 Å². The van der Waals surface area contributed by atoms with E-state index in [2.05, 4.69) is 27.5 Å². The Bertz CT molecular complexity index is 838. The minimum atomic E-state index is -0.422. The maximum atomic E-state index is 13.6. The van der Waals surface area contributed by atoms with Crippen molar-refractivity contribution in [1.82, 2.24) is 14.4 Å². The molecule has 0 spiro atoms. The van der Waals surface area contributed by atoms with Crippen molar-refractivity contribution in [1.29, 1.82) is 0 Å². The number of fused-ring (bicyclic) bond motifs is 1. The highest BCUT2D eigenvalue weighted by atomic mass is 19.1. The molecule has 3 N–H and O–H groups in total. The Morgan fingerprint density at radius 1 is 1.32 bits per heavy atom. The van der Waals surface area contributed by atoms with Crippen molar-refractivity contribution in [3.8, 4) is 0 Å². The lowest BCUT2D eigenvalue weighted by atomic mass is 10.2. The monoisotopic (exact) mass is 297 g/mol. The molecule has 0 saturated heterocycles. The molecule has 6 heteroatoms. The number of rotatable bonds is 4. The largest absolute Gasteiger partial charge is 0.384 e. The number of anilines is 2. The fraction of sp³-hybridized carbons (Fsp3) is 0.250. The van der Waals surface area contributed by atoms with E-state index < -0.39 is 5.82 Å². The molecular weight excluding hydrogens is 281 g/mol. The molecular formula is C16H16FN5. The van der Waals surface area contributed by atoms with Crippen LogP contribution >= 0.6 is 0 Å². The topological polar surface area (TPSA) is 68.2 Å². The molecule has 3 aromatic heterocycles. The number of nitrogens with two attached hydrogens (primary N) is 1. The number of hydrogen-bond acceptors (Lipinski definition) is 4. The van der Waals surface area contributed by atoms with Gasteiger partial charge in [-0.15, -0.1) is 0 Å². The summed E-state index contributed by atoms with van der Waals surface area (Å²) in [5.41, 5.74) is 9.01. The van der Waals surface area contributed by atoms with Crippen LogP contribution in [-0.2, 0) is 6.54 Å². The number of nitrogens with zero attached hydrogens (tertiary/aromatic N) is 3. The minimum Gasteiger partial charge on any atom is -0.384 e. The van der Waals surface area contributed by atoms with Gasteiger partial charge in [-0.3, -0.25) is 0 Å². The van der Waals surface area contributed by atoms with Crippen LogP contribution in [0.25, 0.3) is 5.65 Å². The summed E-state index contributed by atoms with van der Waals surface area (Å²) in [6.45, 7) is 0.431. The average molecular weight is 297 g/mol. The first kappa shape index (κ1) is 13.1. The zero-order valence-corrected chi connectivity index (χ0v) is 12.0. The van der Waals surface area contributed by atoms with Gasteiger partial charge in [-0.05, 0) is 30.4 Å². The molecule has 3 aromatic rings. The van der Waals surface area contributed by atoms with Gasteiger partial charge in [0, 0.05) is 18.5 Å². The number of nitrogens with one attached hydrogen (secondary N) is 1. The van der Waals surface area contributed by atoms with E-state index in [-0.39, 0.29) is 5.82 Å². The van der Waals surface area contributed by atoms with Crippen molar-refractivity contribution in [2.45, 2.75) is 25.3 Å². The highest BCUT2D eigenvalue weighted by molar-refractivity contribution is 5.51. The van der Waals surface area contributed by atoms with Crippen LogP contribution in [0.5, 0.6) is 0 Å². The first-order chi connectivity index (χ1) is 10.7. The first-order valence-electron chi connectivity index (χ1n) is 7.31. The second-order valence-corrected chi connectivity index (χ2v) is 5.68. The molecule has 1 saturated carbocycles. The predicted octanol–water partition coefficient (Wildman–Crippen LogP) is 2.94. The Morgan fingerprint density at radius 2 is 2.18 bits per heavy atom. The number of imidazole rings is 1. The van der Waals surface area contributed by atoms with E-state index in [1.54, 1.807) is 0 Å². The average Bonchev–Trinajstić information content (AvgIpc) is 3.28. The van der Waals surface area contributed by atoms with Gasteiger partial charge in [-0.25, -0.2) is 14.4 Å². The van der Waals surface area contributed by atoms with Gasteiger partial charge in [0.15, 0.2) is 5.82 Å². The highest BCUT2D eigenvalue weighted by Gasteiger charge is 2.23. The molecule has 0 amide bonds. The molecule has 0 aliphatic heterocycles. The lowest BCUT2D eigenvalue weighted by molar-refractivity contribution is 0.624. The highest BCUT2D eigenvalue weighted by Crippen LogP contribution is 2.39. The van der Waals surface area contributed by atoms with Crippen LogP contribution in [0.15, 0.2) is 36.8 Å². The van der Waals surface area contributed by atoms with E-state index in [0.717, 1.165) is 17.5 Å². The summed E-state index contributed by atoms with van der Waals surface area (Å²) in [7, 11) is 0. The molecule has 0 unspecified atom stereocenters. The molecule has 0 atom stereocenters. The van der Waals surface area contributed by atoms with Gasteiger partial charge in [0.1, 0.15) is 11.5 Å². The lowest BCUT2D eigenvalue weighted by Crippen LogP contribution is -2.03. The van der Waals surface area contributed by atoms with Crippen LogP contribution in [-0.4, -0.2) is 14.4 Å². The Labute approximate surface area is 127 Å². The van der Waals surface area contributed by atoms with E-state index in [0.29, 0.717) is 18.2 Å². The molecule has 22 heavy (non-hydrogen) atoms. The molecule has 3 heterocycles. The van der Waals surface area contributed by atoms with Crippen molar-refractivity contribution in [3.05, 3.63) is 53.9 Å². The smallest absolute Gasteiger partial charge is 0.164 e. The molecule has 1 aliphatic carbocycles. The number of halogens is 1. The zero-order valence-electron chi connectivity index (χ0n) is 12.0. The molecule has 0 aromatic carbocycles. The Morgan fingerprint density at radius 3 is 3.00 bits per heavy atom. The minimum absolute atomic E-state index is 0.285. The molecule has 112 valence electrons. The van der Waals surface area contributed by atoms with Crippen molar-refractivity contribution >= 4 is 17.2 Å². The SMILES string of the molecule is Nc1cc(NCc2cn3cc(C4CC4)ccc3n2)c(F)cn1. The number of nitrogen functional groups attached to an aromatic ring is 1. The Kier molecular flexibility index (Phi) is 2.96. The summed E-state index contributed by atoms with van der Waals surface area (Å²) < 4.78 is 15.6. The second-order valence-electron chi connectivity index (χ2n) is 5.68. The summed E-state index contributed by atoms with van der Waals surface area (Å²) in [6.07, 6.45) is 7.77. The van der Waals surface area contributed by atoms with E-state index in [1.165, 1.54) is 24.5 Å². The van der Waals surface area contributed by atoms with Crippen molar-refractivity contribution in [2.75, 3.05) is 11.1 Å². The van der Waals surface area contributed by atoms with Crippen LogP contribution in [0.2, 0.25) is 0 Å². The number of hydrogen-bond donors (Lipinski definition) is 2. The van der Waals surface area contributed by atoms with Crippen LogP contribution < -0.4 is 11.1 Å². The van der Waals surface area contributed by atoms with Crippen molar-refractivity contribution in [2.24, 2.45) is 0 Å². The van der Waals surface area contributed by atoms with Gasteiger partial charge in [0.25, 0.3) is 0 Å². The Hall–Kier alpha value is -2.63. The van der Waals surface area contributed by atoms with Crippen LogP contribution in [0.1, 0.15) is 30.0 Å². The lowest BCUT2D eigenvalue weighted by Gasteiger charge is -2.05. The quantitative estimate of drug-likeness (QED) is 0.777. The maximum absolute atomic E-state index is 13.6. The van der Waals surface area contributed by atoms with E-state index in [1.807, 2.05) is 16.7 Å². The fourth-order valence-electron chi connectivity index (χ4n) is 2.58. The molecule has 1 aliphatic rings. The molecule has 4 rings (SSSR count). The van der Waals surface area contributed by atoms with Crippen LogP contribution in [0.4, 0.5) is 15.9 Å². The molecule has 0 radical (unpaired) electrons. The van der Waals surface area contributed by atoms with Crippen LogP contribution in [0.3, 0.4) is 0 Å². The predicted molar refractivity (Wildman–Crippen MR) is 83.1 cm³/mol. The van der Waals surface area contributed by atoms with Gasteiger partial charge in [0.05, 0.1) is 24.1 Å². The third-order valence-corrected chi connectivity index (χ3v) is 3.91. The third kappa shape index (κ3) is 2.47. The summed E-state index contributed by atoms with van der Waals surface area (Å²) in [6, 6.07) is 5.65. The standard InChI is InChI=1S/C16H16FN5/c17-13-7-20-15(18)5-14(13)19-6-12-9-22-8-11(10-1-2-10)3-4-16(22)21-12/h3-5,7-10H,1-2,6H2,(H3,18,19,20). The first-order valence-corrected chi connectivity index (χ1v) is 7.31. The van der Waals surface area contributed by atoms with Gasteiger partial charge < -0.3 is 15.5 Å². The van der Waals surface area contributed by atoms with Gasteiger partial charge in [0.2, 0.25) is 0 Å². The normalized spacial score (nSPS) is 14.4.